The lowest BCUT2D eigenvalue weighted by Crippen LogP contribution is -2.08. The van der Waals surface area contributed by atoms with Crippen LogP contribution in [0.25, 0.3) is 0 Å². The molecule has 0 N–H and O–H groups in total. The Morgan fingerprint density at radius 1 is 1.12 bits per heavy atom. The van der Waals surface area contributed by atoms with Gasteiger partial charge < -0.3 is 0 Å². The number of hydrogen-bond donors (Lipinski definition) is 0. The van der Waals surface area contributed by atoms with E-state index in [1.807, 2.05) is 0 Å². The maximum Gasteiger partial charge on any atom is 0.416 e. The van der Waals surface area contributed by atoms with Crippen LogP contribution < -0.4 is 0 Å². The summed E-state index contributed by atoms with van der Waals surface area (Å²) in [5.41, 5.74) is 0. The van der Waals surface area contributed by atoms with Crippen LogP contribution in [-0.4, -0.2) is 12.9 Å². The quantitative estimate of drug-likeness (QED) is 0.443. The van der Waals surface area contributed by atoms with E-state index in [-0.39, 0.29) is 0 Å². The van der Waals surface area contributed by atoms with E-state index in [2.05, 4.69) is 7.18 Å². The fraction of sp³-hybridized carbons (Fsp3) is 0.667. The van der Waals surface area contributed by atoms with Gasteiger partial charge >= 0.3 is 6.18 Å². The molecule has 0 bridgehead atoms. The third-order valence-corrected chi connectivity index (χ3v) is 0.152. The van der Waals surface area contributed by atoms with Crippen molar-refractivity contribution in [1.29, 1.82) is 0 Å². The molecule has 0 nitrogen and oxygen atoms in total. The van der Waals surface area contributed by atoms with Crippen molar-refractivity contribution in [2.45, 2.75) is 6.18 Å². The molecule has 0 heterocycles. The third-order valence-electron chi connectivity index (χ3n) is 0.152. The van der Waals surface area contributed by atoms with Crippen LogP contribution in [0.2, 0.25) is 0 Å². The van der Waals surface area contributed by atoms with E-state index in [0.717, 1.165) is 0 Å². The van der Waals surface area contributed by atoms with Gasteiger partial charge in [0.25, 0.3) is 0 Å². The average molecular weight is 133 g/mol. The van der Waals surface area contributed by atoms with Crippen LogP contribution in [0.5, 0.6) is 0 Å². The minimum absolute atomic E-state index is 2.23. The molecule has 0 aromatic rings. The van der Waals surface area contributed by atoms with Crippen LogP contribution in [0.4, 0.5) is 22.0 Å². The van der Waals surface area contributed by atoms with Gasteiger partial charge in [-0.2, -0.15) is 13.2 Å². The molecule has 0 saturated heterocycles. The summed E-state index contributed by atoms with van der Waals surface area (Å²) in [6.45, 7) is -2.23. The van der Waals surface area contributed by atoms with Crippen molar-refractivity contribution in [3.8, 4) is 0 Å². The summed E-state index contributed by atoms with van der Waals surface area (Å²) in [6.07, 6.45) is -4.62. The summed E-state index contributed by atoms with van der Waals surface area (Å²) in [4.78, 5) is 0. The highest BCUT2D eigenvalue weighted by atomic mass is 19.4. The normalized spacial score (nSPS) is 9.75. The number of alkyl halides is 4. The second kappa shape index (κ2) is 4.80. The molecule has 0 aliphatic heterocycles. The first-order valence-corrected chi connectivity index (χ1v) is 1.38. The summed E-state index contributed by atoms with van der Waals surface area (Å²) >= 11 is 0. The van der Waals surface area contributed by atoms with Crippen molar-refractivity contribution < 1.29 is 22.0 Å². The van der Waals surface area contributed by atoms with Gasteiger partial charge in [-0.15, -0.1) is 0 Å². The molecular weight excluding hydrogens is 131 g/mol. The zero-order chi connectivity index (χ0) is 7.21. The van der Waals surface area contributed by atoms with Crippen molar-refractivity contribution in [2.75, 3.05) is 6.67 Å². The van der Waals surface area contributed by atoms with Crippen LogP contribution in [0.1, 0.15) is 0 Å². The first-order chi connectivity index (χ1) is 3.56. The van der Waals surface area contributed by atoms with Gasteiger partial charge in [-0.25, -0.2) is 8.78 Å². The summed E-state index contributed by atoms with van der Waals surface area (Å²) < 4.78 is 50.4. The van der Waals surface area contributed by atoms with Crippen molar-refractivity contribution in [1.82, 2.24) is 0 Å². The first kappa shape index (κ1) is 10.6. The summed E-state index contributed by atoms with van der Waals surface area (Å²) in [7, 11) is 4.25. The Bertz CT molecular complexity index is 37.4. The Hall–Kier alpha value is -0.350. The topological polar surface area (TPSA) is 0 Å². The van der Waals surface area contributed by atoms with Crippen molar-refractivity contribution in [3.63, 3.8) is 0 Å². The predicted octanol–water partition coefficient (Wildman–Crippen LogP) is 2.02. The van der Waals surface area contributed by atoms with Crippen LogP contribution >= 0.6 is 0 Å². The van der Waals surface area contributed by atoms with Gasteiger partial charge in [0.2, 0.25) is 7.18 Å². The minimum Gasteiger partial charge on any atom is -0.241 e. The van der Waals surface area contributed by atoms with Crippen molar-refractivity contribution in [3.05, 3.63) is 7.18 Å². The molecule has 0 spiro atoms. The van der Waals surface area contributed by atoms with Crippen molar-refractivity contribution >= 4 is 0 Å². The molecule has 0 aromatic carbocycles. The molecule has 0 atom stereocenters. The first-order valence-electron chi connectivity index (χ1n) is 1.38. The number of rotatable bonds is 0. The zero-order valence-corrected chi connectivity index (χ0v) is 3.60. The molecule has 0 saturated carbocycles. The van der Waals surface area contributed by atoms with Gasteiger partial charge in [0.15, 0.2) is 6.67 Å². The lowest BCUT2D eigenvalue weighted by atomic mass is 10.8. The fourth-order valence-electron chi connectivity index (χ4n) is 0. The van der Waals surface area contributed by atoms with E-state index in [1.54, 1.807) is 0 Å². The standard InChI is InChI=1S/C2H2F4.CF/c3-1-2(4,5)6;1-2/h1H2;. The predicted molar refractivity (Wildman–Crippen MR) is 16.4 cm³/mol. The van der Waals surface area contributed by atoms with Gasteiger partial charge in [0.1, 0.15) is 0 Å². The maximum absolute atomic E-state index is 10.4. The molecule has 3 radical (unpaired) electrons. The minimum atomic E-state index is -4.62. The Labute approximate surface area is 43.3 Å². The summed E-state index contributed by atoms with van der Waals surface area (Å²) in [6, 6.07) is 0. The van der Waals surface area contributed by atoms with Gasteiger partial charge in [-0.1, -0.05) is 0 Å². The molecule has 0 unspecified atom stereocenters. The lowest BCUT2D eigenvalue weighted by Gasteiger charge is -1.93. The lowest BCUT2D eigenvalue weighted by molar-refractivity contribution is -0.142. The maximum atomic E-state index is 10.4. The molecule has 8 heavy (non-hydrogen) atoms. The SMILES string of the molecule is FCC(F)(F)F.[C]F. The molecule has 5 heteroatoms. The average Bonchev–Trinajstić information content (AvgIpc) is 1.71. The van der Waals surface area contributed by atoms with E-state index in [1.165, 1.54) is 0 Å². The number of hydrogen-bond acceptors (Lipinski definition) is 0. The molecule has 0 aromatic heterocycles. The molecule has 0 aliphatic rings. The van der Waals surface area contributed by atoms with Crippen LogP contribution in [-0.2, 0) is 0 Å². The second-order valence-corrected chi connectivity index (χ2v) is 0.749. The Kier molecular flexibility index (Phi) is 6.36. The molecule has 0 aliphatic carbocycles. The highest BCUT2D eigenvalue weighted by Crippen LogP contribution is 2.13. The Balaban J connectivity index is 0. The third kappa shape index (κ3) is 17.4. The fourth-order valence-corrected chi connectivity index (χ4v) is 0. The van der Waals surface area contributed by atoms with Crippen LogP contribution in [0, 0.1) is 7.18 Å². The van der Waals surface area contributed by atoms with E-state index in [0.29, 0.717) is 0 Å². The Morgan fingerprint density at radius 2 is 1.25 bits per heavy atom. The zero-order valence-electron chi connectivity index (χ0n) is 3.60. The second-order valence-electron chi connectivity index (χ2n) is 0.749. The number of halogens is 5. The van der Waals surface area contributed by atoms with Gasteiger partial charge in [0.05, 0.1) is 0 Å². The van der Waals surface area contributed by atoms with Crippen molar-refractivity contribution in [2.24, 2.45) is 0 Å². The van der Waals surface area contributed by atoms with Gasteiger partial charge in [0, 0.05) is 0 Å². The molecular formula is C3H2F5. The largest absolute Gasteiger partial charge is 0.416 e. The van der Waals surface area contributed by atoms with Gasteiger partial charge in [-0.3, -0.25) is 0 Å². The van der Waals surface area contributed by atoms with E-state index >= 15 is 0 Å². The monoisotopic (exact) mass is 133 g/mol. The Morgan fingerprint density at radius 3 is 1.25 bits per heavy atom. The van der Waals surface area contributed by atoms with Gasteiger partial charge in [-0.05, 0) is 0 Å². The smallest absolute Gasteiger partial charge is 0.241 e. The van der Waals surface area contributed by atoms with E-state index in [9.17, 15) is 17.6 Å². The van der Waals surface area contributed by atoms with Crippen LogP contribution in [0.15, 0.2) is 0 Å². The molecule has 0 rings (SSSR count). The highest BCUT2D eigenvalue weighted by Gasteiger charge is 2.26. The summed E-state index contributed by atoms with van der Waals surface area (Å²) in [5, 5.41) is 0. The molecule has 49 valence electrons. The van der Waals surface area contributed by atoms with Crippen LogP contribution in [0.3, 0.4) is 0 Å². The highest BCUT2D eigenvalue weighted by molar-refractivity contribution is 4.39. The van der Waals surface area contributed by atoms with E-state index in [4.69, 9.17) is 4.39 Å². The van der Waals surface area contributed by atoms with E-state index < -0.39 is 12.9 Å². The summed E-state index contributed by atoms with van der Waals surface area (Å²) in [5.74, 6) is 0. The molecule has 0 amide bonds. The molecule has 0 fully saturated rings.